The van der Waals surface area contributed by atoms with Crippen molar-refractivity contribution in [2.24, 2.45) is 10.4 Å². The molecule has 57 heavy (non-hydrogen) atoms. The van der Waals surface area contributed by atoms with Crippen LogP contribution in [0.1, 0.15) is 47.4 Å². The number of aryl methyl sites for hydroxylation is 2. The molecule has 0 amide bonds. The Morgan fingerprint density at radius 2 is 1.26 bits per heavy atom. The normalized spacial score (nSPS) is 15.8. The van der Waals surface area contributed by atoms with Crippen LogP contribution in [0.15, 0.2) is 163 Å². The molecule has 274 valence electrons. The van der Waals surface area contributed by atoms with E-state index in [1.165, 1.54) is 101 Å². The van der Waals surface area contributed by atoms with Crippen LogP contribution < -0.4 is 0 Å². The quantitative estimate of drug-likeness (QED) is 0.165. The van der Waals surface area contributed by atoms with E-state index in [4.69, 9.17) is 4.99 Å². The van der Waals surface area contributed by atoms with Crippen molar-refractivity contribution in [2.75, 3.05) is 0 Å². The fourth-order valence-corrected chi connectivity index (χ4v) is 12.5. The molecular weight excluding hydrogens is 747 g/mol. The minimum atomic E-state index is -0.234. The molecule has 0 saturated heterocycles. The fraction of sp³-hybridized carbons (Fsp3) is 0.113. The predicted octanol–water partition coefficient (Wildman–Crippen LogP) is 16.3. The molecule has 0 unspecified atom stereocenters. The topological polar surface area (TPSA) is 12.4 Å². The van der Waals surface area contributed by atoms with E-state index in [0.29, 0.717) is 0 Å². The van der Waals surface area contributed by atoms with Gasteiger partial charge in [-0.25, -0.2) is 4.99 Å². The number of thiophene rings is 3. The van der Waals surface area contributed by atoms with E-state index in [0.717, 1.165) is 23.6 Å². The van der Waals surface area contributed by atoms with Crippen molar-refractivity contribution in [1.29, 1.82) is 0 Å². The van der Waals surface area contributed by atoms with Gasteiger partial charge >= 0.3 is 0 Å². The lowest BCUT2D eigenvalue weighted by Crippen LogP contribution is -2.22. The van der Waals surface area contributed by atoms with Crippen LogP contribution in [-0.2, 0) is 6.42 Å². The Labute approximate surface area is 345 Å². The molecule has 6 aromatic carbocycles. The molecule has 0 aliphatic heterocycles. The molecule has 11 rings (SSSR count). The van der Waals surface area contributed by atoms with Gasteiger partial charge in [0.25, 0.3) is 0 Å². The summed E-state index contributed by atoms with van der Waals surface area (Å²) in [5.74, 6) is 0. The maximum absolute atomic E-state index is 5.37. The number of aliphatic imine (C=N–C) groups is 1. The SMILES string of the molecule is Cc1c(N=C2C=CC(c3cccc(-c4cccc5c4sc4ccccc45)c3)=CC2(C)C)sc2cc(-c3cccc(C4=CCCc5c4sc4ccccc54)c3)ccc12. The number of fused-ring (bicyclic) bond motifs is 7. The van der Waals surface area contributed by atoms with Crippen LogP contribution in [0.3, 0.4) is 0 Å². The number of hydrogen-bond acceptors (Lipinski definition) is 4. The third-order valence-corrected chi connectivity index (χ3v) is 15.5. The average Bonchev–Trinajstić information content (AvgIpc) is 3.92. The highest BCUT2D eigenvalue weighted by molar-refractivity contribution is 7.26. The second kappa shape index (κ2) is 13.5. The van der Waals surface area contributed by atoms with Crippen LogP contribution >= 0.6 is 34.0 Å². The first kappa shape index (κ1) is 34.6. The maximum Gasteiger partial charge on any atom is 0.120 e. The highest BCUT2D eigenvalue weighted by Gasteiger charge is 2.26. The third kappa shape index (κ3) is 5.89. The summed E-state index contributed by atoms with van der Waals surface area (Å²) in [5.41, 5.74) is 13.8. The van der Waals surface area contributed by atoms with Gasteiger partial charge in [-0.05, 0) is 123 Å². The van der Waals surface area contributed by atoms with Gasteiger partial charge in [0.2, 0.25) is 0 Å². The Morgan fingerprint density at radius 3 is 2.12 bits per heavy atom. The third-order valence-electron chi connectivity index (χ3n) is 11.8. The number of nitrogens with zero attached hydrogens (tertiary/aromatic N) is 1. The van der Waals surface area contributed by atoms with Crippen LogP contribution in [0.5, 0.6) is 0 Å². The number of benzene rings is 6. The Hall–Kier alpha value is -5.65. The van der Waals surface area contributed by atoms with Crippen LogP contribution in [-0.4, -0.2) is 5.71 Å². The van der Waals surface area contributed by atoms with E-state index in [2.05, 4.69) is 179 Å². The standard InChI is InChI=1S/C53H39NS3/c1-32-39-26-24-35(33-12-8-14-36(28-33)40-18-10-20-44-42-16-4-6-22-46(42)55-50(40)44)30-48(39)57-52(32)54-49-27-25-38(31-53(49,2)3)34-13-9-15-37(29-34)41-19-11-21-45-43-17-5-7-23-47(43)56-51(41)45/h4-9,11-19,21-31H,10,20H2,1-3H3. The van der Waals surface area contributed by atoms with Crippen molar-refractivity contribution < 1.29 is 0 Å². The number of rotatable bonds is 5. The molecule has 0 radical (unpaired) electrons. The maximum atomic E-state index is 5.37. The van der Waals surface area contributed by atoms with Crippen molar-refractivity contribution in [2.45, 2.75) is 33.6 Å². The lowest BCUT2D eigenvalue weighted by atomic mass is 9.80. The first-order chi connectivity index (χ1) is 27.9. The smallest absolute Gasteiger partial charge is 0.120 e. The van der Waals surface area contributed by atoms with Gasteiger partial charge in [0.1, 0.15) is 5.00 Å². The van der Waals surface area contributed by atoms with E-state index in [9.17, 15) is 0 Å². The number of allylic oxidation sites excluding steroid dienone is 5. The summed E-state index contributed by atoms with van der Waals surface area (Å²) in [6.45, 7) is 6.79. The van der Waals surface area contributed by atoms with Gasteiger partial charge in [0.15, 0.2) is 0 Å². The van der Waals surface area contributed by atoms with Gasteiger partial charge in [0, 0.05) is 39.9 Å². The first-order valence-corrected chi connectivity index (χ1v) is 22.2. The van der Waals surface area contributed by atoms with Crippen LogP contribution in [0.2, 0.25) is 0 Å². The van der Waals surface area contributed by atoms with Gasteiger partial charge in [-0.2, -0.15) is 0 Å². The van der Waals surface area contributed by atoms with E-state index < -0.39 is 0 Å². The minimum absolute atomic E-state index is 0.234. The van der Waals surface area contributed by atoms with Crippen molar-refractivity contribution in [3.8, 4) is 22.3 Å². The summed E-state index contributed by atoms with van der Waals surface area (Å²) < 4.78 is 5.34. The molecule has 2 aliphatic rings. The molecule has 9 aromatic rings. The van der Waals surface area contributed by atoms with Crippen molar-refractivity contribution in [1.82, 2.24) is 0 Å². The van der Waals surface area contributed by atoms with E-state index in [-0.39, 0.29) is 5.41 Å². The van der Waals surface area contributed by atoms with Crippen molar-refractivity contribution in [3.63, 3.8) is 0 Å². The van der Waals surface area contributed by atoms with Crippen LogP contribution in [0, 0.1) is 12.3 Å². The van der Waals surface area contributed by atoms with E-state index >= 15 is 0 Å². The monoisotopic (exact) mass is 785 g/mol. The van der Waals surface area contributed by atoms with Crippen molar-refractivity contribution in [3.05, 3.63) is 185 Å². The molecule has 0 fully saturated rings. The highest BCUT2D eigenvalue weighted by Crippen LogP contribution is 2.45. The summed E-state index contributed by atoms with van der Waals surface area (Å²) in [5, 5.41) is 6.45. The molecule has 0 atom stereocenters. The molecule has 4 heteroatoms. The zero-order valence-electron chi connectivity index (χ0n) is 32.1. The van der Waals surface area contributed by atoms with Gasteiger partial charge in [-0.3, -0.25) is 0 Å². The molecule has 3 heterocycles. The first-order valence-electron chi connectivity index (χ1n) is 19.7. The second-order valence-corrected chi connectivity index (χ2v) is 19.0. The summed E-state index contributed by atoms with van der Waals surface area (Å²) in [6, 6.07) is 49.4. The molecule has 3 aromatic heterocycles. The van der Waals surface area contributed by atoms with E-state index in [1.807, 2.05) is 22.7 Å². The van der Waals surface area contributed by atoms with Gasteiger partial charge in [0.05, 0.1) is 5.71 Å². The van der Waals surface area contributed by atoms with Gasteiger partial charge < -0.3 is 0 Å². The Bertz CT molecular complexity index is 3230. The molecule has 0 saturated carbocycles. The zero-order chi connectivity index (χ0) is 38.3. The molecule has 1 nitrogen and oxygen atoms in total. The predicted molar refractivity (Wildman–Crippen MR) is 252 cm³/mol. The molecular formula is C53H39NS3. The Morgan fingerprint density at radius 1 is 0.561 bits per heavy atom. The minimum Gasteiger partial charge on any atom is -0.241 e. The van der Waals surface area contributed by atoms with Gasteiger partial charge in [-0.15, -0.1) is 34.0 Å². The molecule has 0 bridgehead atoms. The molecule has 0 spiro atoms. The lowest BCUT2D eigenvalue weighted by molar-refractivity contribution is 0.679. The largest absolute Gasteiger partial charge is 0.241 e. The lowest BCUT2D eigenvalue weighted by Gasteiger charge is -2.26. The van der Waals surface area contributed by atoms with Crippen molar-refractivity contribution >= 4 is 96.2 Å². The highest BCUT2D eigenvalue weighted by atomic mass is 32.1. The second-order valence-electron chi connectivity index (χ2n) is 15.9. The van der Waals surface area contributed by atoms with E-state index in [1.54, 1.807) is 11.3 Å². The fourth-order valence-electron chi connectivity index (χ4n) is 8.84. The zero-order valence-corrected chi connectivity index (χ0v) is 34.5. The average molecular weight is 786 g/mol. The summed E-state index contributed by atoms with van der Waals surface area (Å²) in [6.07, 6.45) is 11.5. The van der Waals surface area contributed by atoms with Crippen LogP contribution in [0.25, 0.3) is 73.7 Å². The Balaban J connectivity index is 0.885. The van der Waals surface area contributed by atoms with Crippen LogP contribution in [0.4, 0.5) is 5.00 Å². The molecule has 2 aliphatic carbocycles. The number of hydrogen-bond donors (Lipinski definition) is 0. The Kier molecular flexibility index (Phi) is 8.18. The summed E-state index contributed by atoms with van der Waals surface area (Å²) >= 11 is 5.62. The summed E-state index contributed by atoms with van der Waals surface area (Å²) in [7, 11) is 0. The molecule has 0 N–H and O–H groups in total. The van der Waals surface area contributed by atoms with Gasteiger partial charge in [-0.1, -0.05) is 135 Å². The summed E-state index contributed by atoms with van der Waals surface area (Å²) in [4.78, 5) is 6.81.